The number of carbonyl (C=O) groups excluding carboxylic acids is 1. The number of hydrogen-bond acceptors (Lipinski definition) is 4. The van der Waals surface area contributed by atoms with Crippen molar-refractivity contribution in [3.8, 4) is 0 Å². The van der Waals surface area contributed by atoms with Gasteiger partial charge in [0.15, 0.2) is 0 Å². The zero-order chi connectivity index (χ0) is 23.3. The zero-order valence-corrected chi connectivity index (χ0v) is 20.7. The van der Waals surface area contributed by atoms with E-state index in [4.69, 9.17) is 0 Å². The first kappa shape index (κ1) is 23.2. The number of amides is 1. The Hall–Kier alpha value is -2.53. The van der Waals surface area contributed by atoms with Crippen LogP contribution in [0.4, 0.5) is 11.4 Å². The standard InChI is InChI=1S/C29H40N4O/c1-2-26(25-10-4-5-12-28(25)33-16-6-3-7-17-33)31-29(34)19-30-27-11-8-9-23-21-32(18-15-24(23)27)20-22-13-14-22/h4-5,8-12,22,26,30H,2-3,6-7,13-21H2,1H3,(H,31,34). The van der Waals surface area contributed by atoms with Gasteiger partial charge in [-0.1, -0.05) is 37.3 Å². The monoisotopic (exact) mass is 460 g/mol. The van der Waals surface area contributed by atoms with Crippen LogP contribution in [-0.4, -0.2) is 43.5 Å². The van der Waals surface area contributed by atoms with Crippen molar-refractivity contribution in [1.82, 2.24) is 10.2 Å². The predicted octanol–water partition coefficient (Wildman–Crippen LogP) is 5.12. The molecule has 5 heteroatoms. The molecule has 2 aromatic rings. The normalized spacial score (nSPS) is 19.4. The van der Waals surface area contributed by atoms with E-state index in [1.54, 1.807) is 0 Å². The van der Waals surface area contributed by atoms with Gasteiger partial charge >= 0.3 is 0 Å². The van der Waals surface area contributed by atoms with Gasteiger partial charge in [0, 0.05) is 44.1 Å². The number of rotatable bonds is 9. The third-order valence-electron chi connectivity index (χ3n) is 7.75. The molecule has 1 unspecified atom stereocenters. The van der Waals surface area contributed by atoms with Gasteiger partial charge in [-0.3, -0.25) is 9.69 Å². The minimum atomic E-state index is 0.0353. The number of piperidine rings is 1. The van der Waals surface area contributed by atoms with Crippen LogP contribution in [0, 0.1) is 5.92 Å². The summed E-state index contributed by atoms with van der Waals surface area (Å²) < 4.78 is 0. The minimum Gasteiger partial charge on any atom is -0.376 e. The lowest BCUT2D eigenvalue weighted by atomic mass is 9.97. The average Bonchev–Trinajstić information content (AvgIpc) is 3.70. The first-order chi connectivity index (χ1) is 16.7. The molecule has 182 valence electrons. The van der Waals surface area contributed by atoms with E-state index in [1.807, 2.05) is 0 Å². The Morgan fingerprint density at radius 2 is 1.85 bits per heavy atom. The van der Waals surface area contributed by atoms with E-state index in [1.165, 1.54) is 61.0 Å². The van der Waals surface area contributed by atoms with E-state index < -0.39 is 0 Å². The fourth-order valence-corrected chi connectivity index (χ4v) is 5.68. The number of hydrogen-bond donors (Lipinski definition) is 2. The summed E-state index contributed by atoms with van der Waals surface area (Å²) >= 11 is 0. The summed E-state index contributed by atoms with van der Waals surface area (Å²) in [6.07, 6.45) is 8.58. The molecule has 0 spiro atoms. The maximum atomic E-state index is 13.0. The van der Waals surface area contributed by atoms with E-state index in [2.05, 4.69) is 69.8 Å². The molecular weight excluding hydrogens is 420 g/mol. The fraction of sp³-hybridized carbons (Fsp3) is 0.552. The first-order valence-corrected chi connectivity index (χ1v) is 13.4. The van der Waals surface area contributed by atoms with Crippen LogP contribution in [-0.2, 0) is 17.8 Å². The molecule has 2 aromatic carbocycles. The Morgan fingerprint density at radius 1 is 1.03 bits per heavy atom. The maximum absolute atomic E-state index is 13.0. The number of nitrogens with one attached hydrogen (secondary N) is 2. The molecule has 1 saturated carbocycles. The Labute approximate surface area is 204 Å². The van der Waals surface area contributed by atoms with Gasteiger partial charge in [0.1, 0.15) is 0 Å². The van der Waals surface area contributed by atoms with Crippen molar-refractivity contribution in [1.29, 1.82) is 0 Å². The predicted molar refractivity (Wildman–Crippen MR) is 140 cm³/mol. The van der Waals surface area contributed by atoms with Crippen molar-refractivity contribution < 1.29 is 4.79 Å². The quantitative estimate of drug-likeness (QED) is 0.545. The molecule has 1 aliphatic carbocycles. The Morgan fingerprint density at radius 3 is 2.65 bits per heavy atom. The minimum absolute atomic E-state index is 0.0353. The van der Waals surface area contributed by atoms with Gasteiger partial charge < -0.3 is 15.5 Å². The zero-order valence-electron chi connectivity index (χ0n) is 20.7. The lowest BCUT2D eigenvalue weighted by Crippen LogP contribution is -2.36. The largest absolute Gasteiger partial charge is 0.376 e. The number of anilines is 2. The van der Waals surface area contributed by atoms with Gasteiger partial charge in [0.25, 0.3) is 0 Å². The number of carbonyl (C=O) groups is 1. The van der Waals surface area contributed by atoms with Crippen LogP contribution in [0.15, 0.2) is 42.5 Å². The van der Waals surface area contributed by atoms with Crippen LogP contribution in [0.1, 0.15) is 68.2 Å². The molecule has 34 heavy (non-hydrogen) atoms. The van der Waals surface area contributed by atoms with Crippen LogP contribution < -0.4 is 15.5 Å². The molecule has 2 heterocycles. The fourth-order valence-electron chi connectivity index (χ4n) is 5.68. The summed E-state index contributed by atoms with van der Waals surface area (Å²) in [4.78, 5) is 18.1. The molecule has 1 saturated heterocycles. The van der Waals surface area contributed by atoms with Crippen LogP contribution in [0.5, 0.6) is 0 Å². The molecule has 5 rings (SSSR count). The summed E-state index contributed by atoms with van der Waals surface area (Å²) in [6.45, 7) is 8.10. The molecule has 1 amide bonds. The van der Waals surface area contributed by atoms with Crippen LogP contribution >= 0.6 is 0 Å². The van der Waals surface area contributed by atoms with E-state index in [0.29, 0.717) is 6.54 Å². The highest BCUT2D eigenvalue weighted by molar-refractivity contribution is 5.82. The Bertz CT molecular complexity index is 980. The molecule has 2 N–H and O–H groups in total. The lowest BCUT2D eigenvalue weighted by Gasteiger charge is -2.32. The summed E-state index contributed by atoms with van der Waals surface area (Å²) in [5.74, 6) is 0.988. The molecule has 5 nitrogen and oxygen atoms in total. The highest BCUT2D eigenvalue weighted by atomic mass is 16.2. The van der Waals surface area contributed by atoms with E-state index in [9.17, 15) is 4.79 Å². The second-order valence-corrected chi connectivity index (χ2v) is 10.4. The summed E-state index contributed by atoms with van der Waals surface area (Å²) in [5.41, 5.74) is 6.47. The van der Waals surface area contributed by atoms with Crippen molar-refractivity contribution in [3.05, 3.63) is 59.2 Å². The van der Waals surface area contributed by atoms with Crippen molar-refractivity contribution in [2.45, 2.75) is 64.5 Å². The smallest absolute Gasteiger partial charge is 0.239 e. The van der Waals surface area contributed by atoms with Crippen molar-refractivity contribution >= 4 is 17.3 Å². The van der Waals surface area contributed by atoms with Gasteiger partial charge in [-0.25, -0.2) is 0 Å². The van der Waals surface area contributed by atoms with Crippen molar-refractivity contribution in [3.63, 3.8) is 0 Å². The van der Waals surface area contributed by atoms with Gasteiger partial charge in [-0.2, -0.15) is 0 Å². The first-order valence-electron chi connectivity index (χ1n) is 13.4. The maximum Gasteiger partial charge on any atom is 0.239 e. The molecule has 0 aromatic heterocycles. The van der Waals surface area contributed by atoms with Crippen LogP contribution in [0.2, 0.25) is 0 Å². The number of fused-ring (bicyclic) bond motifs is 1. The third kappa shape index (κ3) is 5.57. The van der Waals surface area contributed by atoms with Gasteiger partial charge in [0.05, 0.1) is 12.6 Å². The highest BCUT2D eigenvalue weighted by Crippen LogP contribution is 2.33. The van der Waals surface area contributed by atoms with Crippen molar-refractivity contribution in [2.24, 2.45) is 5.92 Å². The second-order valence-electron chi connectivity index (χ2n) is 10.4. The van der Waals surface area contributed by atoms with E-state index in [-0.39, 0.29) is 11.9 Å². The third-order valence-corrected chi connectivity index (χ3v) is 7.75. The number of nitrogens with zero attached hydrogens (tertiary/aromatic N) is 2. The molecule has 1 atom stereocenters. The SMILES string of the molecule is CCC(NC(=O)CNc1cccc2c1CCN(CC1CC1)C2)c1ccccc1N1CCCCC1. The Balaban J connectivity index is 1.20. The van der Waals surface area contributed by atoms with Gasteiger partial charge in [0.2, 0.25) is 5.91 Å². The van der Waals surface area contributed by atoms with Crippen molar-refractivity contribution in [2.75, 3.05) is 42.9 Å². The molecule has 2 aliphatic heterocycles. The van der Waals surface area contributed by atoms with E-state index in [0.717, 1.165) is 50.6 Å². The number of benzene rings is 2. The van der Waals surface area contributed by atoms with E-state index >= 15 is 0 Å². The van der Waals surface area contributed by atoms with Crippen LogP contribution in [0.3, 0.4) is 0 Å². The molecular formula is C29H40N4O. The average molecular weight is 461 g/mol. The summed E-state index contributed by atoms with van der Waals surface area (Å²) in [5, 5.41) is 6.77. The Kier molecular flexibility index (Phi) is 7.39. The molecule has 2 fully saturated rings. The van der Waals surface area contributed by atoms with Gasteiger partial charge in [-0.15, -0.1) is 0 Å². The lowest BCUT2D eigenvalue weighted by molar-refractivity contribution is -0.120. The second kappa shape index (κ2) is 10.8. The number of para-hydroxylation sites is 1. The summed E-state index contributed by atoms with van der Waals surface area (Å²) in [6, 6.07) is 15.2. The molecule has 0 bridgehead atoms. The van der Waals surface area contributed by atoms with Crippen LogP contribution in [0.25, 0.3) is 0 Å². The molecule has 0 radical (unpaired) electrons. The van der Waals surface area contributed by atoms with Gasteiger partial charge in [-0.05, 0) is 79.7 Å². The highest BCUT2D eigenvalue weighted by Gasteiger charge is 2.27. The topological polar surface area (TPSA) is 47.6 Å². The summed E-state index contributed by atoms with van der Waals surface area (Å²) in [7, 11) is 0. The molecule has 3 aliphatic rings.